The Morgan fingerprint density at radius 3 is 2.21 bits per heavy atom. The second-order valence-corrected chi connectivity index (χ2v) is 7.21. The van der Waals surface area contributed by atoms with E-state index in [2.05, 4.69) is 5.92 Å². The molecule has 124 valence electrons. The summed E-state index contributed by atoms with van der Waals surface area (Å²) in [5.41, 5.74) is 1.71. The van der Waals surface area contributed by atoms with E-state index in [1.165, 1.54) is 35.3 Å². The number of terminal acetylenes is 1. The Hall–Kier alpha value is -2.78. The molecule has 0 aliphatic rings. The van der Waals surface area contributed by atoms with Crippen LogP contribution in [0, 0.1) is 12.3 Å². The molecular weight excluding hydrogens is 324 g/mol. The van der Waals surface area contributed by atoms with Crippen molar-refractivity contribution in [3.8, 4) is 12.3 Å². The number of anilines is 2. The molecule has 0 bridgehead atoms. The number of carbonyl (C=O) groups is 1. The SMILES string of the molecule is C#Cc1cccc(N(C)S(=O)(=O)c2ccc(N(C)C(C)=O)cc2)c1. The highest BCUT2D eigenvalue weighted by Gasteiger charge is 2.21. The summed E-state index contributed by atoms with van der Waals surface area (Å²) in [7, 11) is -0.617. The van der Waals surface area contributed by atoms with Crippen molar-refractivity contribution in [3.63, 3.8) is 0 Å². The second-order valence-electron chi connectivity index (χ2n) is 5.24. The molecule has 0 heterocycles. The Bertz CT molecular complexity index is 897. The van der Waals surface area contributed by atoms with Gasteiger partial charge in [0, 0.05) is 32.3 Å². The summed E-state index contributed by atoms with van der Waals surface area (Å²) < 4.78 is 26.7. The fourth-order valence-electron chi connectivity index (χ4n) is 2.11. The zero-order chi connectivity index (χ0) is 17.9. The summed E-state index contributed by atoms with van der Waals surface area (Å²) in [6.45, 7) is 1.44. The van der Waals surface area contributed by atoms with Gasteiger partial charge >= 0.3 is 0 Å². The first kappa shape index (κ1) is 17.6. The first-order valence-corrected chi connectivity index (χ1v) is 8.61. The highest BCUT2D eigenvalue weighted by molar-refractivity contribution is 7.92. The maximum absolute atomic E-state index is 12.7. The Balaban J connectivity index is 2.36. The summed E-state index contributed by atoms with van der Waals surface area (Å²) in [4.78, 5) is 12.9. The minimum Gasteiger partial charge on any atom is -0.316 e. The molecule has 5 nitrogen and oxygen atoms in total. The molecule has 0 atom stereocenters. The fraction of sp³-hybridized carbons (Fsp3) is 0.167. The topological polar surface area (TPSA) is 57.7 Å². The molecule has 24 heavy (non-hydrogen) atoms. The van der Waals surface area contributed by atoms with Gasteiger partial charge in [-0.25, -0.2) is 8.42 Å². The van der Waals surface area contributed by atoms with Crippen molar-refractivity contribution in [2.75, 3.05) is 23.3 Å². The summed E-state index contributed by atoms with van der Waals surface area (Å²) >= 11 is 0. The molecule has 2 aromatic rings. The number of nitrogens with zero attached hydrogens (tertiary/aromatic N) is 2. The number of rotatable bonds is 4. The second kappa shape index (κ2) is 6.77. The predicted molar refractivity (Wildman–Crippen MR) is 95.5 cm³/mol. The Morgan fingerprint density at radius 2 is 1.67 bits per heavy atom. The van der Waals surface area contributed by atoms with Gasteiger partial charge in [0.15, 0.2) is 0 Å². The van der Waals surface area contributed by atoms with Gasteiger partial charge in [-0.15, -0.1) is 6.42 Å². The maximum atomic E-state index is 12.7. The number of sulfonamides is 1. The lowest BCUT2D eigenvalue weighted by Gasteiger charge is -2.21. The standard InChI is InChI=1S/C18H18N2O3S/c1-5-15-7-6-8-17(13-15)20(4)24(22,23)18-11-9-16(10-12-18)19(3)14(2)21/h1,6-13H,2-4H3. The van der Waals surface area contributed by atoms with Crippen molar-refractivity contribution < 1.29 is 13.2 Å². The van der Waals surface area contributed by atoms with Gasteiger partial charge in [-0.3, -0.25) is 9.10 Å². The van der Waals surface area contributed by atoms with Crippen molar-refractivity contribution in [3.05, 3.63) is 54.1 Å². The third kappa shape index (κ3) is 3.42. The highest BCUT2D eigenvalue weighted by Crippen LogP contribution is 2.24. The monoisotopic (exact) mass is 342 g/mol. The van der Waals surface area contributed by atoms with E-state index in [1.54, 1.807) is 43.4 Å². The van der Waals surface area contributed by atoms with Crippen LogP contribution in [0.25, 0.3) is 0 Å². The molecule has 0 aliphatic heterocycles. The third-order valence-corrected chi connectivity index (χ3v) is 5.53. The summed E-state index contributed by atoms with van der Waals surface area (Å²) in [5.74, 6) is 2.35. The lowest BCUT2D eigenvalue weighted by molar-refractivity contribution is -0.116. The Morgan fingerprint density at radius 1 is 1.04 bits per heavy atom. The average Bonchev–Trinajstić information content (AvgIpc) is 2.60. The van der Waals surface area contributed by atoms with Crippen molar-refractivity contribution in [1.29, 1.82) is 0 Å². The molecule has 0 aromatic heterocycles. The first-order valence-electron chi connectivity index (χ1n) is 7.17. The van der Waals surface area contributed by atoms with Crippen LogP contribution in [0.1, 0.15) is 12.5 Å². The average molecular weight is 342 g/mol. The number of hydrogen-bond donors (Lipinski definition) is 0. The maximum Gasteiger partial charge on any atom is 0.264 e. The van der Waals surface area contributed by atoms with Crippen LogP contribution < -0.4 is 9.21 Å². The first-order chi connectivity index (χ1) is 11.3. The number of hydrogen-bond acceptors (Lipinski definition) is 3. The molecule has 0 radical (unpaired) electrons. The molecule has 2 aromatic carbocycles. The molecular formula is C18H18N2O3S. The van der Waals surface area contributed by atoms with Crippen LogP contribution in [0.3, 0.4) is 0 Å². The summed E-state index contributed by atoms with van der Waals surface area (Å²) in [6, 6.07) is 12.9. The van der Waals surface area contributed by atoms with E-state index in [0.717, 1.165) is 0 Å². The number of benzene rings is 2. The van der Waals surface area contributed by atoms with Crippen LogP contribution in [-0.2, 0) is 14.8 Å². The van der Waals surface area contributed by atoms with Crippen LogP contribution in [0.5, 0.6) is 0 Å². The van der Waals surface area contributed by atoms with Gasteiger partial charge in [-0.05, 0) is 42.5 Å². The van der Waals surface area contributed by atoms with Crippen LogP contribution in [0.2, 0.25) is 0 Å². The molecule has 0 unspecified atom stereocenters. The van der Waals surface area contributed by atoms with Crippen molar-refractivity contribution in [2.24, 2.45) is 0 Å². The minimum absolute atomic E-state index is 0.131. The zero-order valence-electron chi connectivity index (χ0n) is 13.7. The van der Waals surface area contributed by atoms with E-state index in [0.29, 0.717) is 16.9 Å². The smallest absolute Gasteiger partial charge is 0.264 e. The molecule has 0 fully saturated rings. The minimum atomic E-state index is -3.72. The lowest BCUT2D eigenvalue weighted by Crippen LogP contribution is -2.27. The molecule has 0 saturated carbocycles. The lowest BCUT2D eigenvalue weighted by atomic mass is 10.2. The molecule has 0 saturated heterocycles. The third-order valence-electron chi connectivity index (χ3n) is 3.73. The molecule has 0 N–H and O–H groups in total. The normalized spacial score (nSPS) is 10.8. The van der Waals surface area contributed by atoms with E-state index in [-0.39, 0.29) is 10.8 Å². The van der Waals surface area contributed by atoms with E-state index >= 15 is 0 Å². The van der Waals surface area contributed by atoms with Gasteiger partial charge in [-0.1, -0.05) is 12.0 Å². The fourth-order valence-corrected chi connectivity index (χ4v) is 3.30. The van der Waals surface area contributed by atoms with Crippen LogP contribution in [-0.4, -0.2) is 28.4 Å². The quantitative estimate of drug-likeness (QED) is 0.802. The van der Waals surface area contributed by atoms with Crippen molar-refractivity contribution in [1.82, 2.24) is 0 Å². The van der Waals surface area contributed by atoms with E-state index in [9.17, 15) is 13.2 Å². The predicted octanol–water partition coefficient (Wildman–Crippen LogP) is 2.48. The van der Waals surface area contributed by atoms with Crippen LogP contribution in [0.4, 0.5) is 11.4 Å². The van der Waals surface area contributed by atoms with Gasteiger partial charge in [0.25, 0.3) is 10.0 Å². The van der Waals surface area contributed by atoms with Gasteiger partial charge in [-0.2, -0.15) is 0 Å². The number of amides is 1. The van der Waals surface area contributed by atoms with Gasteiger partial charge in [0.1, 0.15) is 0 Å². The zero-order valence-corrected chi connectivity index (χ0v) is 14.5. The summed E-state index contributed by atoms with van der Waals surface area (Å²) in [5, 5.41) is 0. The van der Waals surface area contributed by atoms with Crippen molar-refractivity contribution >= 4 is 27.3 Å². The van der Waals surface area contributed by atoms with Gasteiger partial charge in [0.05, 0.1) is 10.6 Å². The molecule has 1 amide bonds. The number of carbonyl (C=O) groups excluding carboxylic acids is 1. The van der Waals surface area contributed by atoms with E-state index in [1.807, 2.05) is 0 Å². The molecule has 2 rings (SSSR count). The Labute approximate surface area is 142 Å². The van der Waals surface area contributed by atoms with E-state index < -0.39 is 10.0 Å². The van der Waals surface area contributed by atoms with Gasteiger partial charge in [0.2, 0.25) is 5.91 Å². The Kier molecular flexibility index (Phi) is 4.96. The molecule has 6 heteroatoms. The summed E-state index contributed by atoms with van der Waals surface area (Å²) in [6.07, 6.45) is 5.36. The van der Waals surface area contributed by atoms with E-state index in [4.69, 9.17) is 6.42 Å². The van der Waals surface area contributed by atoms with Crippen LogP contribution >= 0.6 is 0 Å². The van der Waals surface area contributed by atoms with Crippen LogP contribution in [0.15, 0.2) is 53.4 Å². The largest absolute Gasteiger partial charge is 0.316 e. The molecule has 0 spiro atoms. The van der Waals surface area contributed by atoms with Gasteiger partial charge < -0.3 is 4.90 Å². The molecule has 0 aliphatic carbocycles. The highest BCUT2D eigenvalue weighted by atomic mass is 32.2. The van der Waals surface area contributed by atoms with Crippen molar-refractivity contribution in [2.45, 2.75) is 11.8 Å².